The number of halogens is 1. The van der Waals surface area contributed by atoms with Crippen LogP contribution in [-0.2, 0) is 0 Å². The monoisotopic (exact) mass is 297 g/mol. The molecule has 3 aromatic rings. The summed E-state index contributed by atoms with van der Waals surface area (Å²) in [5.41, 5.74) is 4.10. The topological polar surface area (TPSA) is 30.7 Å². The van der Waals surface area contributed by atoms with Crippen molar-refractivity contribution in [2.75, 3.05) is 0 Å². The fourth-order valence-corrected chi connectivity index (χ4v) is 2.50. The first kappa shape index (κ1) is 13.8. The summed E-state index contributed by atoms with van der Waals surface area (Å²) in [7, 11) is 0. The van der Waals surface area contributed by atoms with Crippen LogP contribution < -0.4 is 0 Å². The van der Waals surface area contributed by atoms with Crippen molar-refractivity contribution >= 4 is 11.6 Å². The summed E-state index contributed by atoms with van der Waals surface area (Å²) in [6.07, 6.45) is 1.95. The molecular weight excluding hydrogens is 282 g/mol. The van der Waals surface area contributed by atoms with Gasteiger partial charge in [0, 0.05) is 10.6 Å². The molecule has 21 heavy (non-hydrogen) atoms. The molecule has 0 aliphatic carbocycles. The van der Waals surface area contributed by atoms with E-state index in [2.05, 4.69) is 24.2 Å². The second-order valence-corrected chi connectivity index (χ2v) is 5.71. The molecule has 0 amide bonds. The molecule has 0 saturated heterocycles. The maximum absolute atomic E-state index is 6.10. The summed E-state index contributed by atoms with van der Waals surface area (Å²) >= 11 is 6.10. The summed E-state index contributed by atoms with van der Waals surface area (Å²) in [6.45, 7) is 4.29. The average Bonchev–Trinajstić information content (AvgIpc) is 2.97. The van der Waals surface area contributed by atoms with E-state index < -0.39 is 0 Å². The highest BCUT2D eigenvalue weighted by atomic mass is 35.5. The van der Waals surface area contributed by atoms with E-state index in [0.717, 1.165) is 27.5 Å². The summed E-state index contributed by atoms with van der Waals surface area (Å²) in [5.74, 6) is 0.364. The van der Waals surface area contributed by atoms with Crippen LogP contribution in [0.25, 0.3) is 16.9 Å². The molecule has 106 valence electrons. The lowest BCUT2D eigenvalue weighted by atomic mass is 10.0. The molecule has 0 bridgehead atoms. The highest BCUT2D eigenvalue weighted by Crippen LogP contribution is 2.27. The van der Waals surface area contributed by atoms with E-state index >= 15 is 0 Å². The minimum Gasteiger partial charge on any atom is -0.220 e. The smallest absolute Gasteiger partial charge is 0.113 e. The Morgan fingerprint density at radius 1 is 1.05 bits per heavy atom. The van der Waals surface area contributed by atoms with Crippen LogP contribution in [0.3, 0.4) is 0 Å². The van der Waals surface area contributed by atoms with Gasteiger partial charge in [0.15, 0.2) is 0 Å². The molecule has 3 rings (SSSR count). The molecule has 0 aliphatic heterocycles. The highest BCUT2D eigenvalue weighted by Gasteiger charge is 2.12. The molecule has 0 atom stereocenters. The number of hydrogen-bond donors (Lipinski definition) is 0. The molecule has 0 unspecified atom stereocenters. The molecular formula is C17H16ClN3. The standard InChI is InChI=1S/C17H16ClN3/c1-12(2)15-10-14(18)8-9-17(15)21-11-16(19-20-21)13-6-4-3-5-7-13/h3-12H,1-2H3. The molecule has 0 radical (unpaired) electrons. The van der Waals surface area contributed by atoms with Crippen LogP contribution >= 0.6 is 11.6 Å². The summed E-state index contributed by atoms with van der Waals surface area (Å²) in [6, 6.07) is 15.9. The Kier molecular flexibility index (Phi) is 3.76. The molecule has 1 heterocycles. The van der Waals surface area contributed by atoms with Gasteiger partial charge in [-0.15, -0.1) is 5.10 Å². The van der Waals surface area contributed by atoms with Crippen LogP contribution in [0.4, 0.5) is 0 Å². The zero-order chi connectivity index (χ0) is 14.8. The Bertz CT molecular complexity index is 748. The molecule has 0 saturated carbocycles. The van der Waals surface area contributed by atoms with Gasteiger partial charge in [0.1, 0.15) is 5.69 Å². The van der Waals surface area contributed by atoms with Gasteiger partial charge >= 0.3 is 0 Å². The van der Waals surface area contributed by atoms with Crippen molar-refractivity contribution in [2.45, 2.75) is 19.8 Å². The van der Waals surface area contributed by atoms with Gasteiger partial charge < -0.3 is 0 Å². The lowest BCUT2D eigenvalue weighted by Gasteiger charge is -2.12. The van der Waals surface area contributed by atoms with Crippen molar-refractivity contribution in [1.29, 1.82) is 0 Å². The molecule has 2 aromatic carbocycles. The summed E-state index contributed by atoms with van der Waals surface area (Å²) in [4.78, 5) is 0. The van der Waals surface area contributed by atoms with Gasteiger partial charge in [0.2, 0.25) is 0 Å². The van der Waals surface area contributed by atoms with Gasteiger partial charge in [0.05, 0.1) is 11.9 Å². The predicted octanol–water partition coefficient (Wildman–Crippen LogP) is 4.71. The van der Waals surface area contributed by atoms with Crippen molar-refractivity contribution in [1.82, 2.24) is 15.0 Å². The van der Waals surface area contributed by atoms with E-state index in [1.54, 1.807) is 0 Å². The summed E-state index contributed by atoms with van der Waals surface area (Å²) < 4.78 is 1.81. The van der Waals surface area contributed by atoms with E-state index in [9.17, 15) is 0 Å². The van der Waals surface area contributed by atoms with Crippen molar-refractivity contribution in [3.8, 4) is 16.9 Å². The Balaban J connectivity index is 2.05. The minimum absolute atomic E-state index is 0.364. The first-order valence-corrected chi connectivity index (χ1v) is 7.30. The lowest BCUT2D eigenvalue weighted by Crippen LogP contribution is -2.02. The molecule has 0 N–H and O–H groups in total. The number of benzene rings is 2. The maximum atomic E-state index is 6.10. The van der Waals surface area contributed by atoms with Crippen LogP contribution in [-0.4, -0.2) is 15.0 Å². The van der Waals surface area contributed by atoms with Crippen LogP contribution in [0.5, 0.6) is 0 Å². The Morgan fingerprint density at radius 3 is 2.52 bits per heavy atom. The van der Waals surface area contributed by atoms with E-state index in [0.29, 0.717) is 5.92 Å². The normalized spacial score (nSPS) is 11.0. The van der Waals surface area contributed by atoms with Crippen LogP contribution in [0.15, 0.2) is 54.7 Å². The lowest BCUT2D eigenvalue weighted by molar-refractivity contribution is 0.771. The number of aromatic nitrogens is 3. The number of rotatable bonds is 3. The summed E-state index contributed by atoms with van der Waals surface area (Å²) in [5, 5.41) is 9.27. The van der Waals surface area contributed by atoms with Crippen molar-refractivity contribution in [3.05, 3.63) is 65.3 Å². The van der Waals surface area contributed by atoms with Gasteiger partial charge in [0.25, 0.3) is 0 Å². The minimum atomic E-state index is 0.364. The van der Waals surface area contributed by atoms with E-state index in [1.165, 1.54) is 0 Å². The first-order chi connectivity index (χ1) is 10.1. The van der Waals surface area contributed by atoms with Crippen molar-refractivity contribution < 1.29 is 0 Å². The molecule has 4 heteroatoms. The van der Waals surface area contributed by atoms with Gasteiger partial charge in [-0.2, -0.15) is 0 Å². The molecule has 0 spiro atoms. The van der Waals surface area contributed by atoms with Crippen LogP contribution in [0, 0.1) is 0 Å². The largest absolute Gasteiger partial charge is 0.220 e. The predicted molar refractivity (Wildman–Crippen MR) is 85.9 cm³/mol. The fourth-order valence-electron chi connectivity index (χ4n) is 2.32. The van der Waals surface area contributed by atoms with Crippen molar-refractivity contribution in [3.63, 3.8) is 0 Å². The Labute approximate surface area is 129 Å². The Hall–Kier alpha value is -2.13. The second-order valence-electron chi connectivity index (χ2n) is 5.27. The van der Waals surface area contributed by atoms with Crippen molar-refractivity contribution in [2.24, 2.45) is 0 Å². The Morgan fingerprint density at radius 2 is 1.81 bits per heavy atom. The van der Waals surface area contributed by atoms with Crippen LogP contribution in [0.1, 0.15) is 25.3 Å². The molecule has 1 aromatic heterocycles. The zero-order valence-corrected chi connectivity index (χ0v) is 12.7. The van der Waals surface area contributed by atoms with Crippen LogP contribution in [0.2, 0.25) is 5.02 Å². The quantitative estimate of drug-likeness (QED) is 0.701. The van der Waals surface area contributed by atoms with Gasteiger partial charge in [-0.25, -0.2) is 4.68 Å². The number of nitrogens with zero attached hydrogens (tertiary/aromatic N) is 3. The zero-order valence-electron chi connectivity index (χ0n) is 12.0. The number of hydrogen-bond acceptors (Lipinski definition) is 2. The highest BCUT2D eigenvalue weighted by molar-refractivity contribution is 6.30. The van der Waals surface area contributed by atoms with Gasteiger partial charge in [-0.05, 0) is 29.7 Å². The van der Waals surface area contributed by atoms with E-state index in [1.807, 2.05) is 59.4 Å². The second kappa shape index (κ2) is 5.70. The SMILES string of the molecule is CC(C)c1cc(Cl)ccc1-n1cc(-c2ccccc2)nn1. The third kappa shape index (κ3) is 2.83. The first-order valence-electron chi connectivity index (χ1n) is 6.93. The molecule has 0 aliphatic rings. The molecule has 0 fully saturated rings. The third-order valence-electron chi connectivity index (χ3n) is 3.42. The molecule has 3 nitrogen and oxygen atoms in total. The van der Waals surface area contributed by atoms with E-state index in [-0.39, 0.29) is 0 Å². The average molecular weight is 298 g/mol. The van der Waals surface area contributed by atoms with Gasteiger partial charge in [-0.1, -0.05) is 61.0 Å². The fraction of sp³-hybridized carbons (Fsp3) is 0.176. The van der Waals surface area contributed by atoms with Gasteiger partial charge in [-0.3, -0.25) is 0 Å². The maximum Gasteiger partial charge on any atom is 0.113 e. The third-order valence-corrected chi connectivity index (χ3v) is 3.66. The van der Waals surface area contributed by atoms with E-state index in [4.69, 9.17) is 11.6 Å².